The third-order valence-electron chi connectivity index (χ3n) is 2.81. The van der Waals surface area contributed by atoms with E-state index < -0.39 is 0 Å². The molecule has 0 bridgehead atoms. The SMILES string of the molecule is CCCc1nc(Cc2c(F)cccc2Cl)nc(Cl)c1Br. The molecule has 0 saturated carbocycles. The normalized spacial score (nSPS) is 10.8. The third kappa shape index (κ3) is 3.48. The number of hydrogen-bond acceptors (Lipinski definition) is 2. The van der Waals surface area contributed by atoms with E-state index in [1.54, 1.807) is 12.1 Å². The fourth-order valence-electron chi connectivity index (χ4n) is 1.85. The van der Waals surface area contributed by atoms with Crippen molar-refractivity contribution in [3.05, 3.63) is 55.7 Å². The van der Waals surface area contributed by atoms with Crippen LogP contribution in [0.25, 0.3) is 0 Å². The van der Waals surface area contributed by atoms with Gasteiger partial charge in [0.2, 0.25) is 0 Å². The van der Waals surface area contributed by atoms with Gasteiger partial charge in [0, 0.05) is 17.0 Å². The Morgan fingerprint density at radius 1 is 1.25 bits per heavy atom. The van der Waals surface area contributed by atoms with Crippen molar-refractivity contribution >= 4 is 39.1 Å². The van der Waals surface area contributed by atoms with Crippen molar-refractivity contribution in [2.45, 2.75) is 26.2 Å². The molecule has 0 saturated heterocycles. The molecule has 2 aromatic rings. The van der Waals surface area contributed by atoms with Crippen molar-refractivity contribution < 1.29 is 4.39 Å². The lowest BCUT2D eigenvalue weighted by Gasteiger charge is -2.09. The van der Waals surface area contributed by atoms with Gasteiger partial charge in [0.25, 0.3) is 0 Å². The Bertz CT molecular complexity index is 615. The summed E-state index contributed by atoms with van der Waals surface area (Å²) in [6.07, 6.45) is 1.93. The Labute approximate surface area is 135 Å². The summed E-state index contributed by atoms with van der Waals surface area (Å²) in [6, 6.07) is 4.58. The van der Waals surface area contributed by atoms with Gasteiger partial charge in [0.15, 0.2) is 0 Å². The predicted molar refractivity (Wildman–Crippen MR) is 83.0 cm³/mol. The number of hydrogen-bond donors (Lipinski definition) is 0. The highest BCUT2D eigenvalue weighted by Gasteiger charge is 2.14. The molecule has 2 rings (SSSR count). The third-order valence-corrected chi connectivity index (χ3v) is 4.50. The van der Waals surface area contributed by atoms with E-state index >= 15 is 0 Å². The van der Waals surface area contributed by atoms with Gasteiger partial charge in [-0.05, 0) is 34.5 Å². The van der Waals surface area contributed by atoms with Crippen LogP contribution in [-0.2, 0) is 12.8 Å². The van der Waals surface area contributed by atoms with Crippen molar-refractivity contribution in [2.75, 3.05) is 0 Å². The van der Waals surface area contributed by atoms with Gasteiger partial charge >= 0.3 is 0 Å². The zero-order valence-corrected chi connectivity index (χ0v) is 13.9. The highest BCUT2D eigenvalue weighted by molar-refractivity contribution is 9.10. The van der Waals surface area contributed by atoms with Crippen molar-refractivity contribution in [3.8, 4) is 0 Å². The lowest BCUT2D eigenvalue weighted by molar-refractivity contribution is 0.612. The second-order valence-electron chi connectivity index (χ2n) is 4.32. The number of nitrogens with zero attached hydrogens (tertiary/aromatic N) is 2. The molecule has 2 nitrogen and oxygen atoms in total. The smallest absolute Gasteiger partial charge is 0.147 e. The Kier molecular flexibility index (Phi) is 5.35. The molecule has 0 atom stereocenters. The molecule has 0 aliphatic heterocycles. The van der Waals surface area contributed by atoms with E-state index in [0.717, 1.165) is 18.5 Å². The first-order valence-corrected chi connectivity index (χ1v) is 7.71. The summed E-state index contributed by atoms with van der Waals surface area (Å²) >= 11 is 15.5. The van der Waals surface area contributed by atoms with Crippen LogP contribution in [0, 0.1) is 5.82 Å². The Balaban J connectivity index is 2.39. The van der Waals surface area contributed by atoms with Gasteiger partial charge in [0.1, 0.15) is 16.8 Å². The number of benzene rings is 1. The zero-order valence-electron chi connectivity index (χ0n) is 10.8. The molecule has 0 aliphatic carbocycles. The van der Waals surface area contributed by atoms with E-state index in [4.69, 9.17) is 23.2 Å². The molecule has 0 N–H and O–H groups in total. The topological polar surface area (TPSA) is 25.8 Å². The molecule has 1 heterocycles. The van der Waals surface area contributed by atoms with Crippen LogP contribution in [0.4, 0.5) is 4.39 Å². The van der Waals surface area contributed by atoms with Gasteiger partial charge in [-0.1, -0.05) is 42.6 Å². The van der Waals surface area contributed by atoms with E-state index in [-0.39, 0.29) is 12.2 Å². The maximum absolute atomic E-state index is 13.8. The molecule has 6 heteroatoms. The molecular weight excluding hydrogens is 366 g/mol. The molecule has 20 heavy (non-hydrogen) atoms. The maximum Gasteiger partial charge on any atom is 0.147 e. The summed E-state index contributed by atoms with van der Waals surface area (Å²) in [7, 11) is 0. The van der Waals surface area contributed by atoms with Crippen molar-refractivity contribution in [1.29, 1.82) is 0 Å². The molecule has 0 amide bonds. The summed E-state index contributed by atoms with van der Waals surface area (Å²) < 4.78 is 14.5. The lowest BCUT2D eigenvalue weighted by atomic mass is 10.1. The van der Waals surface area contributed by atoms with Crippen LogP contribution in [0.5, 0.6) is 0 Å². The van der Waals surface area contributed by atoms with Gasteiger partial charge < -0.3 is 0 Å². The van der Waals surface area contributed by atoms with Crippen LogP contribution in [0.2, 0.25) is 10.2 Å². The predicted octanol–water partition coefficient (Wildman–Crippen LogP) is 5.23. The first kappa shape index (κ1) is 15.7. The molecule has 0 radical (unpaired) electrons. The van der Waals surface area contributed by atoms with Crippen LogP contribution in [0.15, 0.2) is 22.7 Å². The van der Waals surface area contributed by atoms with Crippen molar-refractivity contribution in [2.24, 2.45) is 0 Å². The Hall–Kier alpha value is -0.710. The second kappa shape index (κ2) is 6.83. The van der Waals surface area contributed by atoms with Crippen molar-refractivity contribution in [3.63, 3.8) is 0 Å². The van der Waals surface area contributed by atoms with E-state index in [9.17, 15) is 4.39 Å². The number of aromatic nitrogens is 2. The summed E-state index contributed by atoms with van der Waals surface area (Å²) in [6.45, 7) is 2.05. The first-order chi connectivity index (χ1) is 9.52. The summed E-state index contributed by atoms with van der Waals surface area (Å²) in [5.41, 5.74) is 1.21. The number of rotatable bonds is 4. The van der Waals surface area contributed by atoms with Gasteiger partial charge in [-0.15, -0.1) is 0 Å². The molecule has 106 valence electrons. The minimum atomic E-state index is -0.364. The average Bonchev–Trinajstić information content (AvgIpc) is 2.40. The van der Waals surface area contributed by atoms with Crippen LogP contribution < -0.4 is 0 Å². The van der Waals surface area contributed by atoms with Gasteiger partial charge in [-0.3, -0.25) is 0 Å². The van der Waals surface area contributed by atoms with E-state index in [1.807, 2.05) is 0 Å². The number of halogens is 4. The zero-order chi connectivity index (χ0) is 14.7. The van der Waals surface area contributed by atoms with Gasteiger partial charge in [0.05, 0.1) is 10.2 Å². The number of aryl methyl sites for hydroxylation is 1. The fraction of sp³-hybridized carbons (Fsp3) is 0.286. The highest BCUT2D eigenvalue weighted by Crippen LogP contribution is 2.27. The lowest BCUT2D eigenvalue weighted by Crippen LogP contribution is -2.04. The molecule has 1 aromatic carbocycles. The molecule has 0 unspecified atom stereocenters. The monoisotopic (exact) mass is 376 g/mol. The Morgan fingerprint density at radius 2 is 2.00 bits per heavy atom. The van der Waals surface area contributed by atoms with Gasteiger partial charge in [-0.25, -0.2) is 14.4 Å². The van der Waals surface area contributed by atoms with E-state index in [1.165, 1.54) is 6.07 Å². The van der Waals surface area contributed by atoms with Crippen LogP contribution in [-0.4, -0.2) is 9.97 Å². The summed E-state index contributed by atoms with van der Waals surface area (Å²) in [4.78, 5) is 8.61. The van der Waals surface area contributed by atoms with E-state index in [2.05, 4.69) is 32.8 Å². The molecule has 0 fully saturated rings. The second-order valence-corrected chi connectivity index (χ2v) is 5.88. The van der Waals surface area contributed by atoms with Crippen LogP contribution >= 0.6 is 39.1 Å². The summed E-state index contributed by atoms with van der Waals surface area (Å²) in [5, 5.41) is 0.704. The minimum Gasteiger partial charge on any atom is -0.236 e. The maximum atomic E-state index is 13.8. The van der Waals surface area contributed by atoms with E-state index in [0.29, 0.717) is 26.0 Å². The average molecular weight is 378 g/mol. The molecule has 1 aromatic heterocycles. The molecule has 0 aliphatic rings. The van der Waals surface area contributed by atoms with Crippen molar-refractivity contribution in [1.82, 2.24) is 9.97 Å². The fourth-order valence-corrected chi connectivity index (χ4v) is 2.66. The molecule has 0 spiro atoms. The first-order valence-electron chi connectivity index (χ1n) is 6.16. The molecular formula is C14H12BrCl2FN2. The van der Waals surface area contributed by atoms with Gasteiger partial charge in [-0.2, -0.15) is 0 Å². The summed E-state index contributed by atoms with van der Waals surface area (Å²) in [5.74, 6) is 0.103. The quantitative estimate of drug-likeness (QED) is 0.682. The van der Waals surface area contributed by atoms with Crippen LogP contribution in [0.3, 0.4) is 0 Å². The van der Waals surface area contributed by atoms with Crippen LogP contribution in [0.1, 0.15) is 30.4 Å². The largest absolute Gasteiger partial charge is 0.236 e. The Morgan fingerprint density at radius 3 is 2.65 bits per heavy atom. The highest BCUT2D eigenvalue weighted by atomic mass is 79.9. The minimum absolute atomic E-state index is 0.217. The standard InChI is InChI=1S/C14H12BrCl2FN2/c1-2-4-11-13(15)14(17)20-12(19-11)7-8-9(16)5-3-6-10(8)18/h3,5-6H,2,4,7H2,1H3.